The van der Waals surface area contributed by atoms with Crippen LogP contribution in [0.15, 0.2) is 24.9 Å². The predicted octanol–water partition coefficient (Wildman–Crippen LogP) is -0.222. The number of carbonyl (C=O) groups excluding carboxylic acids is 1. The highest BCUT2D eigenvalue weighted by Crippen LogP contribution is 2.05. The Morgan fingerprint density at radius 1 is 1.56 bits per heavy atom. The minimum absolute atomic E-state index is 0.0979. The second-order valence-corrected chi connectivity index (χ2v) is 3.91. The molecule has 0 saturated carbocycles. The Labute approximate surface area is 104 Å². The van der Waals surface area contributed by atoms with Crippen LogP contribution in [0.1, 0.15) is 16.3 Å². The molecule has 2 rings (SSSR count). The molecular formula is C11H15N5O2. The number of carbonyl (C=O) groups is 1. The number of nitrogens with zero attached hydrogens (tertiary/aromatic N) is 4. The smallest absolute Gasteiger partial charge is 0.274 e. The molecule has 2 aromatic heterocycles. The van der Waals surface area contributed by atoms with Crippen LogP contribution in [0.3, 0.4) is 0 Å². The number of hydrogen-bond donors (Lipinski definition) is 2. The maximum atomic E-state index is 12.2. The summed E-state index contributed by atoms with van der Waals surface area (Å²) in [6.45, 7) is 0.471. The third-order valence-electron chi connectivity index (χ3n) is 2.48. The Balaban J connectivity index is 2.11. The van der Waals surface area contributed by atoms with Crippen molar-refractivity contribution in [1.82, 2.24) is 24.4 Å². The number of aromatic amines is 1. The number of imidazole rings is 2. The number of H-pyrrole nitrogens is 1. The molecule has 0 fully saturated rings. The molecule has 1 amide bonds. The van der Waals surface area contributed by atoms with Crippen molar-refractivity contribution in [3.8, 4) is 0 Å². The summed E-state index contributed by atoms with van der Waals surface area (Å²) in [6, 6.07) is 0. The molecule has 0 saturated heterocycles. The number of amides is 1. The summed E-state index contributed by atoms with van der Waals surface area (Å²) >= 11 is 0. The highest BCUT2D eigenvalue weighted by atomic mass is 16.3. The molecule has 18 heavy (non-hydrogen) atoms. The van der Waals surface area contributed by atoms with Crippen molar-refractivity contribution in [2.24, 2.45) is 7.05 Å². The van der Waals surface area contributed by atoms with E-state index in [9.17, 15) is 4.79 Å². The number of nitrogens with one attached hydrogen (secondary N) is 1. The van der Waals surface area contributed by atoms with E-state index in [0.29, 0.717) is 18.1 Å². The second-order valence-electron chi connectivity index (χ2n) is 3.91. The quantitative estimate of drug-likeness (QED) is 0.766. The van der Waals surface area contributed by atoms with Crippen LogP contribution in [0.4, 0.5) is 0 Å². The van der Waals surface area contributed by atoms with Crippen molar-refractivity contribution in [1.29, 1.82) is 0 Å². The van der Waals surface area contributed by atoms with Gasteiger partial charge in [-0.25, -0.2) is 9.97 Å². The van der Waals surface area contributed by atoms with Gasteiger partial charge in [-0.2, -0.15) is 0 Å². The Bertz CT molecular complexity index is 505. The van der Waals surface area contributed by atoms with Crippen LogP contribution in [0, 0.1) is 0 Å². The molecule has 96 valence electrons. The average molecular weight is 249 g/mol. The van der Waals surface area contributed by atoms with Crippen LogP contribution in [0.25, 0.3) is 0 Å². The van der Waals surface area contributed by atoms with Gasteiger partial charge in [0.05, 0.1) is 19.5 Å². The molecule has 0 aromatic carbocycles. The van der Waals surface area contributed by atoms with Crippen LogP contribution in [0.2, 0.25) is 0 Å². The molecule has 0 aliphatic rings. The van der Waals surface area contributed by atoms with Crippen LogP contribution >= 0.6 is 0 Å². The molecule has 2 N–H and O–H groups in total. The van der Waals surface area contributed by atoms with Crippen LogP contribution in [0.5, 0.6) is 0 Å². The zero-order valence-electron chi connectivity index (χ0n) is 10.1. The summed E-state index contributed by atoms with van der Waals surface area (Å²) in [4.78, 5) is 24.7. The lowest BCUT2D eigenvalue weighted by Crippen LogP contribution is -2.33. The topological polar surface area (TPSA) is 87.0 Å². The normalized spacial score (nSPS) is 10.6. The van der Waals surface area contributed by atoms with E-state index >= 15 is 0 Å². The van der Waals surface area contributed by atoms with Gasteiger partial charge >= 0.3 is 0 Å². The molecule has 0 unspecified atom stereocenters. The highest BCUT2D eigenvalue weighted by Gasteiger charge is 2.18. The molecule has 2 aromatic rings. The molecule has 0 spiro atoms. The predicted molar refractivity (Wildman–Crippen MR) is 63.6 cm³/mol. The average Bonchev–Trinajstić information content (AvgIpc) is 2.99. The van der Waals surface area contributed by atoms with Gasteiger partial charge in [0.25, 0.3) is 5.91 Å². The van der Waals surface area contributed by atoms with Crippen molar-refractivity contribution in [3.63, 3.8) is 0 Å². The fraction of sp³-hybridized carbons (Fsp3) is 0.364. The Morgan fingerprint density at radius 2 is 2.39 bits per heavy atom. The first kappa shape index (κ1) is 12.3. The SMILES string of the molecule is Cn1cnc(C(=O)N(CCO)Cc2ncc[nH]2)c1. The lowest BCUT2D eigenvalue weighted by atomic mass is 10.3. The number of aliphatic hydroxyl groups is 1. The molecule has 0 bridgehead atoms. The summed E-state index contributed by atoms with van der Waals surface area (Å²) in [5.41, 5.74) is 0.359. The van der Waals surface area contributed by atoms with Gasteiger partial charge in [0.15, 0.2) is 0 Å². The van der Waals surface area contributed by atoms with Gasteiger partial charge in [0, 0.05) is 32.2 Å². The van der Waals surface area contributed by atoms with Gasteiger partial charge < -0.3 is 19.6 Å². The second kappa shape index (κ2) is 5.46. The summed E-state index contributed by atoms with van der Waals surface area (Å²) in [5.74, 6) is 0.453. The van der Waals surface area contributed by atoms with Crippen LogP contribution < -0.4 is 0 Å². The first-order chi connectivity index (χ1) is 8.70. The number of hydrogen-bond acceptors (Lipinski definition) is 4. The van der Waals surface area contributed by atoms with Crippen molar-refractivity contribution < 1.29 is 9.90 Å². The summed E-state index contributed by atoms with van der Waals surface area (Å²) in [7, 11) is 1.80. The standard InChI is InChI=1S/C11H15N5O2/c1-15-6-9(14-8-15)11(18)16(4-5-17)7-10-12-2-3-13-10/h2-3,6,8,17H,4-5,7H2,1H3,(H,12,13). The summed E-state index contributed by atoms with van der Waals surface area (Å²) < 4.78 is 1.71. The molecule has 2 heterocycles. The molecule has 7 nitrogen and oxygen atoms in total. The van der Waals surface area contributed by atoms with E-state index < -0.39 is 0 Å². The monoisotopic (exact) mass is 249 g/mol. The van der Waals surface area contributed by atoms with Crippen molar-refractivity contribution in [2.75, 3.05) is 13.2 Å². The molecule has 0 atom stereocenters. The zero-order chi connectivity index (χ0) is 13.0. The van der Waals surface area contributed by atoms with Gasteiger partial charge in [-0.05, 0) is 0 Å². The van der Waals surface area contributed by atoms with Gasteiger partial charge in [-0.3, -0.25) is 4.79 Å². The number of aromatic nitrogens is 4. The van der Waals surface area contributed by atoms with E-state index in [1.807, 2.05) is 0 Å². The third-order valence-corrected chi connectivity index (χ3v) is 2.48. The minimum Gasteiger partial charge on any atom is -0.395 e. The van der Waals surface area contributed by atoms with Gasteiger partial charge in [-0.15, -0.1) is 0 Å². The van der Waals surface area contributed by atoms with Crippen molar-refractivity contribution in [2.45, 2.75) is 6.54 Å². The van der Waals surface area contributed by atoms with Crippen molar-refractivity contribution >= 4 is 5.91 Å². The summed E-state index contributed by atoms with van der Waals surface area (Å²) in [5, 5.41) is 9.02. The number of aliphatic hydroxyl groups excluding tert-OH is 1. The first-order valence-electron chi connectivity index (χ1n) is 5.57. The Hall–Kier alpha value is -2.15. The van der Waals surface area contributed by atoms with Crippen LogP contribution in [-0.2, 0) is 13.6 Å². The Kier molecular flexibility index (Phi) is 3.73. The number of rotatable bonds is 5. The van der Waals surface area contributed by atoms with E-state index in [1.165, 1.54) is 4.90 Å². The lowest BCUT2D eigenvalue weighted by Gasteiger charge is -2.19. The van der Waals surface area contributed by atoms with Crippen molar-refractivity contribution in [3.05, 3.63) is 36.4 Å². The van der Waals surface area contributed by atoms with E-state index in [0.717, 1.165) is 0 Å². The lowest BCUT2D eigenvalue weighted by molar-refractivity contribution is 0.0698. The number of aryl methyl sites for hydroxylation is 1. The highest BCUT2D eigenvalue weighted by molar-refractivity contribution is 5.92. The van der Waals surface area contributed by atoms with E-state index in [1.54, 1.807) is 36.5 Å². The van der Waals surface area contributed by atoms with E-state index in [2.05, 4.69) is 15.0 Å². The van der Waals surface area contributed by atoms with Gasteiger partial charge in [0.1, 0.15) is 11.5 Å². The minimum atomic E-state index is -0.221. The van der Waals surface area contributed by atoms with Crippen LogP contribution in [-0.4, -0.2) is 48.6 Å². The maximum Gasteiger partial charge on any atom is 0.274 e. The molecule has 0 aliphatic heterocycles. The largest absolute Gasteiger partial charge is 0.395 e. The molecular weight excluding hydrogens is 234 g/mol. The van der Waals surface area contributed by atoms with Gasteiger partial charge in [0.2, 0.25) is 0 Å². The maximum absolute atomic E-state index is 12.2. The fourth-order valence-electron chi connectivity index (χ4n) is 1.62. The van der Waals surface area contributed by atoms with Gasteiger partial charge in [-0.1, -0.05) is 0 Å². The first-order valence-corrected chi connectivity index (χ1v) is 5.57. The molecule has 0 aliphatic carbocycles. The van der Waals surface area contributed by atoms with E-state index in [4.69, 9.17) is 5.11 Å². The zero-order valence-corrected chi connectivity index (χ0v) is 10.1. The summed E-state index contributed by atoms with van der Waals surface area (Å²) in [6.07, 6.45) is 6.53. The van der Waals surface area contributed by atoms with E-state index in [-0.39, 0.29) is 19.1 Å². The molecule has 0 radical (unpaired) electrons. The molecule has 7 heteroatoms. The third kappa shape index (κ3) is 2.75. The Morgan fingerprint density at radius 3 is 2.94 bits per heavy atom. The fourth-order valence-corrected chi connectivity index (χ4v) is 1.62.